The van der Waals surface area contributed by atoms with E-state index in [1.165, 1.54) is 24.3 Å². The predicted octanol–water partition coefficient (Wildman–Crippen LogP) is 4.27. The molecule has 2 rings (SSSR count). The first kappa shape index (κ1) is 17.5. The van der Waals surface area contributed by atoms with Crippen LogP contribution in [-0.2, 0) is 0 Å². The van der Waals surface area contributed by atoms with Gasteiger partial charge in [-0.3, -0.25) is 14.9 Å². The molecule has 0 atom stereocenters. The topological polar surface area (TPSA) is 81.5 Å². The molecule has 0 fully saturated rings. The molecule has 2 aromatic rings. The molecule has 6 heteroatoms. The molecule has 0 aliphatic carbocycles. The Morgan fingerprint density at radius 2 is 1.75 bits per heavy atom. The van der Waals surface area contributed by atoms with Gasteiger partial charge in [-0.15, -0.1) is 0 Å². The van der Waals surface area contributed by atoms with Crippen LogP contribution in [0.15, 0.2) is 48.5 Å². The van der Waals surface area contributed by atoms with Crippen molar-refractivity contribution in [2.45, 2.75) is 20.3 Å². The van der Waals surface area contributed by atoms with Crippen LogP contribution in [0.5, 0.6) is 5.75 Å². The zero-order valence-corrected chi connectivity index (χ0v) is 13.7. The van der Waals surface area contributed by atoms with Gasteiger partial charge in [0.25, 0.3) is 11.6 Å². The lowest BCUT2D eigenvalue weighted by atomic mass is 10.1. The van der Waals surface area contributed by atoms with Gasteiger partial charge in [0.2, 0.25) is 0 Å². The van der Waals surface area contributed by atoms with Crippen LogP contribution in [0.25, 0.3) is 0 Å². The van der Waals surface area contributed by atoms with Gasteiger partial charge in [0.05, 0.1) is 11.5 Å². The summed E-state index contributed by atoms with van der Waals surface area (Å²) in [6.45, 7) is 4.94. The minimum atomic E-state index is -0.500. The number of nitro benzene ring substituents is 1. The van der Waals surface area contributed by atoms with Gasteiger partial charge in [0.15, 0.2) is 0 Å². The van der Waals surface area contributed by atoms with Crippen molar-refractivity contribution in [1.82, 2.24) is 0 Å². The average molecular weight is 328 g/mol. The fourth-order valence-corrected chi connectivity index (χ4v) is 1.98. The number of nitrogens with one attached hydrogen (secondary N) is 1. The van der Waals surface area contributed by atoms with E-state index in [-0.39, 0.29) is 11.6 Å². The zero-order chi connectivity index (χ0) is 17.5. The normalized spacial score (nSPS) is 10.5. The van der Waals surface area contributed by atoms with Crippen molar-refractivity contribution >= 4 is 17.3 Å². The van der Waals surface area contributed by atoms with Gasteiger partial charge in [-0.05, 0) is 48.7 Å². The first-order valence-electron chi connectivity index (χ1n) is 7.74. The number of anilines is 1. The Balaban J connectivity index is 1.92. The Bertz CT molecular complexity index is 694. The van der Waals surface area contributed by atoms with Crippen LogP contribution in [0.1, 0.15) is 30.6 Å². The summed E-state index contributed by atoms with van der Waals surface area (Å²) in [4.78, 5) is 22.2. The molecule has 0 saturated carbocycles. The number of benzene rings is 2. The number of hydrogen-bond donors (Lipinski definition) is 1. The van der Waals surface area contributed by atoms with Crippen LogP contribution in [0.4, 0.5) is 11.4 Å². The first-order chi connectivity index (χ1) is 11.5. The Morgan fingerprint density at radius 1 is 1.12 bits per heavy atom. The molecule has 0 aliphatic rings. The van der Waals surface area contributed by atoms with Crippen molar-refractivity contribution in [3.63, 3.8) is 0 Å². The Kier molecular flexibility index (Phi) is 5.89. The fourth-order valence-electron chi connectivity index (χ4n) is 1.98. The molecule has 0 saturated heterocycles. The van der Waals surface area contributed by atoms with E-state index in [2.05, 4.69) is 19.2 Å². The third kappa shape index (κ3) is 5.08. The summed E-state index contributed by atoms with van der Waals surface area (Å²) in [5.74, 6) is 1.02. The quantitative estimate of drug-likeness (QED) is 0.608. The van der Waals surface area contributed by atoms with Crippen molar-refractivity contribution in [2.75, 3.05) is 11.9 Å². The van der Waals surface area contributed by atoms with Crippen LogP contribution < -0.4 is 10.1 Å². The first-order valence-corrected chi connectivity index (χ1v) is 7.74. The van der Waals surface area contributed by atoms with Crippen LogP contribution >= 0.6 is 0 Å². The van der Waals surface area contributed by atoms with Gasteiger partial charge in [0.1, 0.15) is 5.75 Å². The summed E-state index contributed by atoms with van der Waals surface area (Å²) >= 11 is 0. The smallest absolute Gasteiger partial charge is 0.269 e. The van der Waals surface area contributed by atoms with Crippen LogP contribution in [-0.4, -0.2) is 17.4 Å². The van der Waals surface area contributed by atoms with Crippen molar-refractivity contribution in [1.29, 1.82) is 0 Å². The Hall–Kier alpha value is -2.89. The monoisotopic (exact) mass is 328 g/mol. The van der Waals surface area contributed by atoms with Gasteiger partial charge in [0, 0.05) is 23.4 Å². The molecule has 0 bridgehead atoms. The van der Waals surface area contributed by atoms with Gasteiger partial charge in [-0.2, -0.15) is 0 Å². The Labute approximate surface area is 140 Å². The minimum absolute atomic E-state index is 0.0468. The second kappa shape index (κ2) is 8.10. The molecule has 2 aromatic carbocycles. The number of nitro groups is 1. The van der Waals surface area contributed by atoms with E-state index in [0.29, 0.717) is 23.8 Å². The summed E-state index contributed by atoms with van der Waals surface area (Å²) in [7, 11) is 0. The maximum absolute atomic E-state index is 12.1. The van der Waals surface area contributed by atoms with Gasteiger partial charge < -0.3 is 10.1 Å². The summed E-state index contributed by atoms with van der Waals surface area (Å²) in [5.41, 5.74) is 0.946. The van der Waals surface area contributed by atoms with E-state index in [0.717, 1.165) is 12.2 Å². The summed E-state index contributed by atoms with van der Waals surface area (Å²) in [6, 6.07) is 12.6. The van der Waals surface area contributed by atoms with E-state index in [4.69, 9.17) is 4.74 Å². The lowest BCUT2D eigenvalue weighted by Crippen LogP contribution is -2.11. The van der Waals surface area contributed by atoms with Gasteiger partial charge >= 0.3 is 0 Å². The number of carbonyl (C=O) groups excluding carboxylic acids is 1. The van der Waals surface area contributed by atoms with Crippen molar-refractivity contribution in [2.24, 2.45) is 5.92 Å². The highest BCUT2D eigenvalue weighted by molar-refractivity contribution is 6.04. The molecule has 0 spiro atoms. The molecule has 0 heterocycles. The second-order valence-electron chi connectivity index (χ2n) is 5.81. The molecule has 0 radical (unpaired) electrons. The number of amides is 1. The van der Waals surface area contributed by atoms with Crippen molar-refractivity contribution in [3.05, 3.63) is 64.2 Å². The molecule has 0 aliphatic heterocycles. The van der Waals surface area contributed by atoms with Crippen LogP contribution in [0.2, 0.25) is 0 Å². The number of non-ortho nitro benzene ring substituents is 1. The lowest BCUT2D eigenvalue weighted by Gasteiger charge is -2.09. The van der Waals surface area contributed by atoms with Crippen LogP contribution in [0.3, 0.4) is 0 Å². The SMILES string of the molecule is CC(C)CCOc1ccc(NC(=O)c2ccc([N+](=O)[O-])cc2)cc1. The highest BCUT2D eigenvalue weighted by atomic mass is 16.6. The summed E-state index contributed by atoms with van der Waals surface area (Å²) < 4.78 is 5.62. The fraction of sp³-hybridized carbons (Fsp3) is 0.278. The number of rotatable bonds is 7. The highest BCUT2D eigenvalue weighted by Gasteiger charge is 2.09. The molecular formula is C18H20N2O4. The molecule has 0 aromatic heterocycles. The molecule has 1 amide bonds. The third-order valence-electron chi connectivity index (χ3n) is 3.42. The number of ether oxygens (including phenoxy) is 1. The van der Waals surface area contributed by atoms with E-state index in [1.807, 2.05) is 0 Å². The standard InChI is InChI=1S/C18H20N2O4/c1-13(2)11-12-24-17-9-5-15(6-10-17)19-18(21)14-3-7-16(8-4-14)20(22)23/h3-10,13H,11-12H2,1-2H3,(H,19,21). The van der Waals surface area contributed by atoms with E-state index < -0.39 is 4.92 Å². The van der Waals surface area contributed by atoms with Gasteiger partial charge in [-0.1, -0.05) is 13.8 Å². The molecule has 6 nitrogen and oxygen atoms in total. The van der Waals surface area contributed by atoms with Gasteiger partial charge in [-0.25, -0.2) is 0 Å². The van der Waals surface area contributed by atoms with E-state index >= 15 is 0 Å². The highest BCUT2D eigenvalue weighted by Crippen LogP contribution is 2.18. The second-order valence-corrected chi connectivity index (χ2v) is 5.81. The van der Waals surface area contributed by atoms with Crippen molar-refractivity contribution < 1.29 is 14.5 Å². The molecule has 1 N–H and O–H groups in total. The number of carbonyl (C=O) groups is 1. The maximum atomic E-state index is 12.1. The van der Waals surface area contributed by atoms with Crippen LogP contribution in [0, 0.1) is 16.0 Å². The predicted molar refractivity (Wildman–Crippen MR) is 92.4 cm³/mol. The molecule has 24 heavy (non-hydrogen) atoms. The largest absolute Gasteiger partial charge is 0.494 e. The Morgan fingerprint density at radius 3 is 2.29 bits per heavy atom. The van der Waals surface area contributed by atoms with E-state index in [9.17, 15) is 14.9 Å². The zero-order valence-electron chi connectivity index (χ0n) is 13.7. The molecular weight excluding hydrogens is 308 g/mol. The van der Waals surface area contributed by atoms with E-state index in [1.54, 1.807) is 24.3 Å². The number of hydrogen-bond acceptors (Lipinski definition) is 4. The maximum Gasteiger partial charge on any atom is 0.269 e. The summed E-state index contributed by atoms with van der Waals surface area (Å²) in [5, 5.41) is 13.4. The number of nitrogens with zero attached hydrogens (tertiary/aromatic N) is 1. The third-order valence-corrected chi connectivity index (χ3v) is 3.42. The lowest BCUT2D eigenvalue weighted by molar-refractivity contribution is -0.384. The minimum Gasteiger partial charge on any atom is -0.494 e. The summed E-state index contributed by atoms with van der Waals surface area (Å²) in [6.07, 6.45) is 0.985. The van der Waals surface area contributed by atoms with Crippen molar-refractivity contribution in [3.8, 4) is 5.75 Å². The average Bonchev–Trinajstić information content (AvgIpc) is 2.56. The molecule has 126 valence electrons. The molecule has 0 unspecified atom stereocenters.